The molecule has 0 atom stereocenters. The minimum absolute atomic E-state index is 0.102. The fourth-order valence-corrected chi connectivity index (χ4v) is 6.25. The number of nitrogens with zero attached hydrogens (tertiary/aromatic N) is 3. The summed E-state index contributed by atoms with van der Waals surface area (Å²) in [5, 5.41) is 11.7. The molecule has 0 radical (unpaired) electrons. The van der Waals surface area contributed by atoms with E-state index in [1.54, 1.807) is 47.5 Å². The molecule has 3 heterocycles. The van der Waals surface area contributed by atoms with Gasteiger partial charge in [0.25, 0.3) is 15.9 Å². The number of fused-ring (bicyclic) bond motifs is 1. The first-order chi connectivity index (χ1) is 16.8. The highest BCUT2D eigenvalue weighted by Gasteiger charge is 2.36. The monoisotopic (exact) mass is 494 g/mol. The zero-order valence-corrected chi connectivity index (χ0v) is 20.4. The van der Waals surface area contributed by atoms with Gasteiger partial charge < -0.3 is 14.9 Å². The van der Waals surface area contributed by atoms with Crippen LogP contribution in [0.2, 0.25) is 0 Å². The number of sulfonamides is 1. The molecule has 2 aromatic carbocycles. The summed E-state index contributed by atoms with van der Waals surface area (Å²) in [4.78, 5) is 21.4. The van der Waals surface area contributed by atoms with Gasteiger partial charge in [0.1, 0.15) is 4.90 Å². The number of rotatable bonds is 6. The maximum atomic E-state index is 13.0. The summed E-state index contributed by atoms with van der Waals surface area (Å²) in [5.41, 5.74) is 0.529. The van der Waals surface area contributed by atoms with Crippen molar-refractivity contribution in [3.8, 4) is 0 Å². The number of hydrogen-bond acceptors (Lipinski definition) is 6. The van der Waals surface area contributed by atoms with E-state index in [0.29, 0.717) is 49.2 Å². The van der Waals surface area contributed by atoms with Gasteiger partial charge in [0.15, 0.2) is 0 Å². The van der Waals surface area contributed by atoms with E-state index in [9.17, 15) is 18.3 Å². The number of amides is 1. The molecule has 9 heteroatoms. The third-order valence-electron chi connectivity index (χ3n) is 6.97. The van der Waals surface area contributed by atoms with Crippen LogP contribution in [0.3, 0.4) is 0 Å². The van der Waals surface area contributed by atoms with Crippen LogP contribution in [0.5, 0.6) is 0 Å². The predicted molar refractivity (Wildman–Crippen MR) is 135 cm³/mol. The fourth-order valence-electron chi connectivity index (χ4n) is 5.01. The molecule has 3 aromatic rings. The van der Waals surface area contributed by atoms with Gasteiger partial charge in [0.2, 0.25) is 0 Å². The Morgan fingerprint density at radius 2 is 1.66 bits per heavy atom. The summed E-state index contributed by atoms with van der Waals surface area (Å²) in [5.74, 6) is -0.110. The second-order valence-electron chi connectivity index (χ2n) is 9.51. The van der Waals surface area contributed by atoms with Gasteiger partial charge >= 0.3 is 0 Å². The second kappa shape index (κ2) is 9.56. The van der Waals surface area contributed by atoms with Gasteiger partial charge in [-0.25, -0.2) is 8.42 Å². The Hall–Kier alpha value is -3.01. The molecule has 0 saturated carbocycles. The Labute approximate surface area is 205 Å². The lowest BCUT2D eigenvalue weighted by molar-refractivity contribution is -0.0367. The number of pyridine rings is 1. The van der Waals surface area contributed by atoms with Crippen molar-refractivity contribution in [2.45, 2.75) is 36.2 Å². The smallest absolute Gasteiger partial charge is 0.264 e. The van der Waals surface area contributed by atoms with Crippen LogP contribution in [0.25, 0.3) is 10.9 Å². The van der Waals surface area contributed by atoms with Crippen molar-refractivity contribution in [1.29, 1.82) is 0 Å². The third kappa shape index (κ3) is 5.17. The maximum Gasteiger partial charge on any atom is 0.264 e. The molecule has 0 bridgehead atoms. The van der Waals surface area contributed by atoms with Crippen molar-refractivity contribution in [2.24, 2.45) is 0 Å². The number of benzene rings is 2. The molecule has 8 nitrogen and oxygen atoms in total. The molecule has 2 N–H and O–H groups in total. The van der Waals surface area contributed by atoms with Crippen molar-refractivity contribution >= 4 is 32.5 Å². The first kappa shape index (κ1) is 23.7. The van der Waals surface area contributed by atoms with E-state index in [1.807, 2.05) is 12.1 Å². The van der Waals surface area contributed by atoms with E-state index in [4.69, 9.17) is 0 Å². The number of nitrogens with one attached hydrogen (secondary N) is 1. The van der Waals surface area contributed by atoms with Gasteiger partial charge in [-0.2, -0.15) is 0 Å². The largest absolute Gasteiger partial charge is 0.388 e. The number of hydrogen-bond donors (Lipinski definition) is 2. The average molecular weight is 495 g/mol. The summed E-state index contributed by atoms with van der Waals surface area (Å²) >= 11 is 0. The molecule has 2 saturated heterocycles. The van der Waals surface area contributed by atoms with Crippen LogP contribution in [0.1, 0.15) is 36.0 Å². The van der Waals surface area contributed by atoms with Crippen LogP contribution >= 0.6 is 0 Å². The molecule has 0 aliphatic carbocycles. The summed E-state index contributed by atoms with van der Waals surface area (Å²) < 4.78 is 28.6. The average Bonchev–Trinajstić information content (AvgIpc) is 3.36. The summed E-state index contributed by atoms with van der Waals surface area (Å²) in [7, 11) is -3.86. The molecule has 1 aromatic heterocycles. The minimum Gasteiger partial charge on any atom is -0.388 e. The lowest BCUT2D eigenvalue weighted by Gasteiger charge is -2.40. The molecule has 0 spiro atoms. The van der Waals surface area contributed by atoms with Crippen LogP contribution < -0.4 is 4.72 Å². The molecule has 5 rings (SSSR count). The van der Waals surface area contributed by atoms with Crippen LogP contribution in [0.15, 0.2) is 65.7 Å². The molecular weight excluding hydrogens is 464 g/mol. The van der Waals surface area contributed by atoms with Crippen molar-refractivity contribution < 1.29 is 18.3 Å². The Bertz CT molecular complexity index is 1310. The summed E-state index contributed by atoms with van der Waals surface area (Å²) in [6.45, 7) is 3.77. The van der Waals surface area contributed by atoms with E-state index >= 15 is 0 Å². The van der Waals surface area contributed by atoms with Crippen molar-refractivity contribution in [3.05, 3.63) is 66.4 Å². The van der Waals surface area contributed by atoms with Gasteiger partial charge in [-0.3, -0.25) is 14.5 Å². The number of carbonyl (C=O) groups excluding carboxylic acids is 1. The summed E-state index contributed by atoms with van der Waals surface area (Å²) in [6.07, 6.45) is 5.06. The second-order valence-corrected chi connectivity index (χ2v) is 11.2. The molecule has 0 unspecified atom stereocenters. The van der Waals surface area contributed by atoms with Gasteiger partial charge in [-0.1, -0.05) is 18.2 Å². The van der Waals surface area contributed by atoms with E-state index in [2.05, 4.69) is 14.6 Å². The van der Waals surface area contributed by atoms with Crippen molar-refractivity contribution in [2.75, 3.05) is 37.4 Å². The van der Waals surface area contributed by atoms with Crippen molar-refractivity contribution in [1.82, 2.24) is 14.8 Å². The molecule has 2 fully saturated rings. The molecule has 35 heavy (non-hydrogen) atoms. The zero-order valence-electron chi connectivity index (χ0n) is 19.6. The van der Waals surface area contributed by atoms with Crippen LogP contribution in [0.4, 0.5) is 5.69 Å². The third-order valence-corrected chi connectivity index (χ3v) is 8.38. The van der Waals surface area contributed by atoms with E-state index in [-0.39, 0.29) is 10.8 Å². The van der Waals surface area contributed by atoms with Crippen LogP contribution in [0, 0.1) is 0 Å². The van der Waals surface area contributed by atoms with Gasteiger partial charge in [-0.15, -0.1) is 0 Å². The minimum atomic E-state index is -3.86. The highest BCUT2D eigenvalue weighted by Crippen LogP contribution is 2.27. The summed E-state index contributed by atoms with van der Waals surface area (Å²) in [6, 6.07) is 15.1. The number of piperidine rings is 1. The number of carbonyl (C=O) groups is 1. The molecule has 2 aliphatic rings. The van der Waals surface area contributed by atoms with Crippen LogP contribution in [-0.4, -0.2) is 72.5 Å². The number of para-hydroxylation sites is 1. The normalized spacial score (nSPS) is 18.6. The first-order valence-electron chi connectivity index (χ1n) is 12.0. The quantitative estimate of drug-likeness (QED) is 0.546. The first-order valence-corrected chi connectivity index (χ1v) is 13.5. The van der Waals surface area contributed by atoms with E-state index < -0.39 is 15.6 Å². The number of aliphatic hydroxyl groups is 1. The predicted octanol–water partition coefficient (Wildman–Crippen LogP) is 3.10. The van der Waals surface area contributed by atoms with E-state index in [1.165, 1.54) is 18.9 Å². The molecular formula is C26H30N4O4S. The number of likely N-dealkylation sites (tertiary alicyclic amines) is 2. The zero-order chi connectivity index (χ0) is 24.5. The Balaban J connectivity index is 1.23. The fraction of sp³-hybridized carbons (Fsp3) is 0.385. The lowest BCUT2D eigenvalue weighted by atomic mass is 9.90. The standard InChI is InChI=1S/C26H30N4O4S/c31-25(30-17-12-26(32,13-18-30)19-29-15-1-2-16-29)21-8-10-22(11-9-21)28-35(33,34)23-7-3-5-20-6-4-14-27-24(20)23/h3-11,14,28,32H,1-2,12-13,15-19H2. The van der Waals surface area contributed by atoms with Gasteiger partial charge in [0, 0.05) is 42.5 Å². The number of anilines is 1. The Morgan fingerprint density at radius 3 is 2.37 bits per heavy atom. The highest BCUT2D eigenvalue weighted by molar-refractivity contribution is 7.93. The SMILES string of the molecule is O=C(c1ccc(NS(=O)(=O)c2cccc3cccnc23)cc1)N1CCC(O)(CN2CCCC2)CC1. The van der Waals surface area contributed by atoms with E-state index in [0.717, 1.165) is 18.5 Å². The molecule has 2 aliphatic heterocycles. The Kier molecular flexibility index (Phi) is 6.48. The topological polar surface area (TPSA) is 103 Å². The van der Waals surface area contributed by atoms with Gasteiger partial charge in [-0.05, 0) is 75.2 Å². The lowest BCUT2D eigenvalue weighted by Crippen LogP contribution is -2.51. The molecule has 184 valence electrons. The number of aromatic nitrogens is 1. The maximum absolute atomic E-state index is 13.0. The highest BCUT2D eigenvalue weighted by atomic mass is 32.2. The van der Waals surface area contributed by atoms with Crippen LogP contribution in [-0.2, 0) is 10.0 Å². The van der Waals surface area contributed by atoms with Gasteiger partial charge in [0.05, 0.1) is 11.1 Å². The Morgan fingerprint density at radius 1 is 0.971 bits per heavy atom. The molecule has 1 amide bonds. The van der Waals surface area contributed by atoms with Crippen molar-refractivity contribution in [3.63, 3.8) is 0 Å². The number of β-amino-alcohol motifs (C(OH)–C–C–N with tert-alkyl or cyclic N) is 1.